The molecule has 210 valence electrons. The van der Waals surface area contributed by atoms with E-state index in [0.29, 0.717) is 30.6 Å². The number of fused-ring (bicyclic) bond motifs is 1. The van der Waals surface area contributed by atoms with Crippen LogP contribution in [0.2, 0.25) is 0 Å². The van der Waals surface area contributed by atoms with Gasteiger partial charge in [0.2, 0.25) is 21.8 Å². The number of amides is 3. The number of sulfonamides is 1. The Bertz CT molecular complexity index is 1360. The summed E-state index contributed by atoms with van der Waals surface area (Å²) < 4.78 is 38.9. The Hall–Kier alpha value is -3.97. The van der Waals surface area contributed by atoms with Gasteiger partial charge in [-0.2, -0.15) is 0 Å². The number of carbonyl (C=O) groups excluding carboxylic acids is 4. The Balaban J connectivity index is 1.98. The SMILES string of the molecule is CCCNC(=O)CNS(=O)(=O)c1cc2c(cc1OC)CCN(C(=O)c1ccc(NC(C)=O)cc1)C2C(=O)OC. The summed E-state index contributed by atoms with van der Waals surface area (Å²) >= 11 is 0. The molecule has 0 saturated carbocycles. The predicted octanol–water partition coefficient (Wildman–Crippen LogP) is 1.37. The third-order valence-electron chi connectivity index (χ3n) is 6.08. The van der Waals surface area contributed by atoms with Gasteiger partial charge in [-0.05, 0) is 60.4 Å². The first-order valence-corrected chi connectivity index (χ1v) is 13.7. The summed E-state index contributed by atoms with van der Waals surface area (Å²) in [5.74, 6) is -1.95. The van der Waals surface area contributed by atoms with Crippen LogP contribution in [0.15, 0.2) is 41.3 Å². The lowest BCUT2D eigenvalue weighted by molar-refractivity contribution is -0.146. The van der Waals surface area contributed by atoms with Crippen LogP contribution < -0.4 is 20.1 Å². The zero-order valence-corrected chi connectivity index (χ0v) is 23.0. The van der Waals surface area contributed by atoms with Gasteiger partial charge >= 0.3 is 5.97 Å². The zero-order chi connectivity index (χ0) is 28.7. The molecule has 0 aromatic heterocycles. The van der Waals surface area contributed by atoms with Crippen LogP contribution in [0.3, 0.4) is 0 Å². The van der Waals surface area contributed by atoms with Gasteiger partial charge in [-0.1, -0.05) is 6.92 Å². The molecule has 0 bridgehead atoms. The molecule has 0 fully saturated rings. The summed E-state index contributed by atoms with van der Waals surface area (Å²) in [5.41, 5.74) is 1.66. The average molecular weight is 561 g/mol. The van der Waals surface area contributed by atoms with Gasteiger partial charge in [-0.15, -0.1) is 0 Å². The van der Waals surface area contributed by atoms with E-state index in [-0.39, 0.29) is 34.2 Å². The third-order valence-corrected chi connectivity index (χ3v) is 7.50. The Labute approximate surface area is 227 Å². The average Bonchev–Trinajstić information content (AvgIpc) is 2.92. The van der Waals surface area contributed by atoms with Crippen molar-refractivity contribution in [3.05, 3.63) is 53.1 Å². The van der Waals surface area contributed by atoms with Gasteiger partial charge < -0.3 is 25.0 Å². The molecule has 39 heavy (non-hydrogen) atoms. The maximum Gasteiger partial charge on any atom is 0.333 e. The minimum atomic E-state index is -4.24. The first-order chi connectivity index (χ1) is 18.5. The summed E-state index contributed by atoms with van der Waals surface area (Å²) in [6.45, 7) is 3.32. The Morgan fingerprint density at radius 3 is 2.36 bits per heavy atom. The lowest BCUT2D eigenvalue weighted by Crippen LogP contribution is -2.44. The summed E-state index contributed by atoms with van der Waals surface area (Å²) in [7, 11) is -1.75. The van der Waals surface area contributed by atoms with Crippen LogP contribution in [0.5, 0.6) is 5.75 Å². The summed E-state index contributed by atoms with van der Waals surface area (Å²) in [5, 5.41) is 5.21. The monoisotopic (exact) mass is 560 g/mol. The maximum atomic E-state index is 13.5. The summed E-state index contributed by atoms with van der Waals surface area (Å²) in [6, 6.07) is 7.75. The normalized spacial score (nSPS) is 14.7. The summed E-state index contributed by atoms with van der Waals surface area (Å²) in [4.78, 5) is 50.7. The van der Waals surface area contributed by atoms with Crippen molar-refractivity contribution in [2.75, 3.05) is 39.2 Å². The fourth-order valence-electron chi connectivity index (χ4n) is 4.21. The minimum absolute atomic E-state index is 0.0344. The van der Waals surface area contributed by atoms with Crippen molar-refractivity contribution in [1.29, 1.82) is 0 Å². The van der Waals surface area contributed by atoms with Gasteiger partial charge in [0.05, 0.1) is 20.8 Å². The van der Waals surface area contributed by atoms with Crippen molar-refractivity contribution in [3.63, 3.8) is 0 Å². The molecule has 12 nitrogen and oxygen atoms in total. The van der Waals surface area contributed by atoms with Gasteiger partial charge in [-0.25, -0.2) is 17.9 Å². The predicted molar refractivity (Wildman–Crippen MR) is 142 cm³/mol. The number of hydrogen-bond donors (Lipinski definition) is 3. The molecule has 2 aromatic carbocycles. The van der Waals surface area contributed by atoms with Crippen LogP contribution in [-0.4, -0.2) is 70.9 Å². The molecule has 1 aliphatic rings. The van der Waals surface area contributed by atoms with E-state index in [0.717, 1.165) is 0 Å². The third kappa shape index (κ3) is 6.92. The van der Waals surface area contributed by atoms with E-state index >= 15 is 0 Å². The molecule has 3 amide bonds. The second kappa shape index (κ2) is 12.7. The highest BCUT2D eigenvalue weighted by Crippen LogP contribution is 2.37. The quantitative estimate of drug-likeness (QED) is 0.367. The van der Waals surface area contributed by atoms with Gasteiger partial charge in [0.15, 0.2) is 6.04 Å². The number of hydrogen-bond acceptors (Lipinski definition) is 8. The fourth-order valence-corrected chi connectivity index (χ4v) is 5.38. The number of benzene rings is 2. The van der Waals surface area contributed by atoms with E-state index in [1.54, 1.807) is 12.1 Å². The van der Waals surface area contributed by atoms with E-state index in [4.69, 9.17) is 9.47 Å². The second-order valence-electron chi connectivity index (χ2n) is 8.81. The first kappa shape index (κ1) is 29.6. The molecule has 1 unspecified atom stereocenters. The van der Waals surface area contributed by atoms with Crippen LogP contribution in [0.25, 0.3) is 0 Å². The standard InChI is InChI=1S/C26H32N4O8S/c1-5-11-27-23(32)15-28-39(35,36)22-14-20-18(13-21(22)37-3)10-12-30(24(20)26(34)38-4)25(33)17-6-8-19(9-7-17)29-16(2)31/h6-9,13-14,24,28H,5,10-12,15H2,1-4H3,(H,27,32)(H,29,31). The van der Waals surface area contributed by atoms with Crippen molar-refractivity contribution in [3.8, 4) is 5.75 Å². The Morgan fingerprint density at radius 2 is 1.77 bits per heavy atom. The highest BCUT2D eigenvalue weighted by Gasteiger charge is 2.39. The van der Waals surface area contributed by atoms with E-state index in [9.17, 15) is 27.6 Å². The lowest BCUT2D eigenvalue weighted by Gasteiger charge is -2.36. The van der Waals surface area contributed by atoms with E-state index < -0.39 is 40.4 Å². The number of nitrogens with one attached hydrogen (secondary N) is 3. The number of methoxy groups -OCH3 is 2. The van der Waals surface area contributed by atoms with Crippen molar-refractivity contribution in [1.82, 2.24) is 14.9 Å². The van der Waals surface area contributed by atoms with E-state index in [1.165, 1.54) is 50.3 Å². The van der Waals surface area contributed by atoms with E-state index in [2.05, 4.69) is 15.4 Å². The lowest BCUT2D eigenvalue weighted by atomic mass is 9.91. The van der Waals surface area contributed by atoms with Crippen LogP contribution in [0.1, 0.15) is 47.8 Å². The highest BCUT2D eigenvalue weighted by atomic mass is 32.2. The van der Waals surface area contributed by atoms with Crippen LogP contribution in [-0.2, 0) is 35.6 Å². The van der Waals surface area contributed by atoms with Crippen molar-refractivity contribution < 1.29 is 37.1 Å². The molecular weight excluding hydrogens is 528 g/mol. The first-order valence-electron chi connectivity index (χ1n) is 12.3. The smallest absolute Gasteiger partial charge is 0.333 e. The van der Waals surface area contributed by atoms with E-state index in [1.807, 2.05) is 6.92 Å². The van der Waals surface area contributed by atoms with Crippen LogP contribution in [0, 0.1) is 0 Å². The topological polar surface area (TPSA) is 160 Å². The molecule has 0 aliphatic carbocycles. The largest absolute Gasteiger partial charge is 0.495 e. The molecule has 0 saturated heterocycles. The van der Waals surface area contributed by atoms with Gasteiger partial charge in [0, 0.05) is 31.3 Å². The molecular formula is C26H32N4O8S. The summed E-state index contributed by atoms with van der Waals surface area (Å²) in [6.07, 6.45) is 1.02. The minimum Gasteiger partial charge on any atom is -0.495 e. The van der Waals surface area contributed by atoms with Crippen molar-refractivity contribution in [2.45, 2.75) is 37.6 Å². The van der Waals surface area contributed by atoms with Gasteiger partial charge in [0.25, 0.3) is 5.91 Å². The van der Waals surface area contributed by atoms with Crippen molar-refractivity contribution in [2.24, 2.45) is 0 Å². The fraction of sp³-hybridized carbons (Fsp3) is 0.385. The molecule has 1 aliphatic heterocycles. The molecule has 2 aromatic rings. The number of carbonyl (C=O) groups is 4. The second-order valence-corrected chi connectivity index (χ2v) is 10.5. The molecule has 3 rings (SSSR count). The van der Waals surface area contributed by atoms with Gasteiger partial charge in [-0.3, -0.25) is 14.4 Å². The number of rotatable bonds is 10. The van der Waals surface area contributed by atoms with Crippen LogP contribution in [0.4, 0.5) is 5.69 Å². The van der Waals surface area contributed by atoms with Crippen LogP contribution >= 0.6 is 0 Å². The molecule has 0 spiro atoms. The number of anilines is 1. The molecule has 1 heterocycles. The number of ether oxygens (including phenoxy) is 2. The molecule has 0 radical (unpaired) electrons. The molecule has 1 atom stereocenters. The maximum absolute atomic E-state index is 13.5. The van der Waals surface area contributed by atoms with Crippen molar-refractivity contribution >= 4 is 39.4 Å². The highest BCUT2D eigenvalue weighted by molar-refractivity contribution is 7.89. The number of esters is 1. The molecule has 13 heteroatoms. The Kier molecular flexibility index (Phi) is 9.65. The Morgan fingerprint density at radius 1 is 1.08 bits per heavy atom. The zero-order valence-electron chi connectivity index (χ0n) is 22.2. The number of nitrogens with zero attached hydrogens (tertiary/aromatic N) is 1. The van der Waals surface area contributed by atoms with Gasteiger partial charge in [0.1, 0.15) is 10.6 Å². The molecule has 3 N–H and O–H groups in total.